The molecule has 0 aromatic heterocycles. The first kappa shape index (κ1) is 5.27. The molecule has 0 unspecified atom stereocenters. The SMILES string of the molecule is FC1=C(F)OC(F)O1. The van der Waals surface area contributed by atoms with Gasteiger partial charge in [-0.15, -0.1) is 0 Å². The molecule has 5 heteroatoms. The summed E-state index contributed by atoms with van der Waals surface area (Å²) < 4.78 is 41.3. The van der Waals surface area contributed by atoms with Gasteiger partial charge in [-0.3, -0.25) is 0 Å². The zero-order valence-corrected chi connectivity index (χ0v) is 3.53. The molecular formula is C3HF3O2. The van der Waals surface area contributed by atoms with Crippen LogP contribution in [0.2, 0.25) is 0 Å². The topological polar surface area (TPSA) is 18.5 Å². The molecule has 46 valence electrons. The van der Waals surface area contributed by atoms with Crippen LogP contribution in [0.1, 0.15) is 0 Å². The number of rotatable bonds is 0. The minimum atomic E-state index is -2.32. The molecule has 0 saturated carbocycles. The largest absolute Gasteiger partial charge is 0.400 e. The van der Waals surface area contributed by atoms with E-state index in [-0.39, 0.29) is 0 Å². The van der Waals surface area contributed by atoms with E-state index in [0.29, 0.717) is 0 Å². The molecule has 0 N–H and O–H groups in total. The molecule has 0 atom stereocenters. The summed E-state index contributed by atoms with van der Waals surface area (Å²) in [6, 6.07) is -3.28. The number of halogens is 3. The first-order chi connectivity index (χ1) is 3.70. The van der Waals surface area contributed by atoms with E-state index in [2.05, 4.69) is 9.47 Å². The van der Waals surface area contributed by atoms with Crippen LogP contribution >= 0.6 is 0 Å². The van der Waals surface area contributed by atoms with E-state index >= 15 is 0 Å². The lowest BCUT2D eigenvalue weighted by Gasteiger charge is -1.94. The quantitative estimate of drug-likeness (QED) is 0.487. The zero-order chi connectivity index (χ0) is 6.15. The van der Waals surface area contributed by atoms with Gasteiger partial charge < -0.3 is 9.47 Å². The predicted molar refractivity (Wildman–Crippen MR) is 16.3 cm³/mol. The van der Waals surface area contributed by atoms with Crippen LogP contribution < -0.4 is 0 Å². The highest BCUT2D eigenvalue weighted by Gasteiger charge is 2.26. The first-order valence-electron chi connectivity index (χ1n) is 1.73. The Morgan fingerprint density at radius 2 is 1.50 bits per heavy atom. The molecule has 1 rings (SSSR count). The Hall–Kier alpha value is -0.870. The Bertz CT molecular complexity index is 118. The highest BCUT2D eigenvalue weighted by molar-refractivity contribution is 4.86. The van der Waals surface area contributed by atoms with E-state index in [0.717, 1.165) is 0 Å². The van der Waals surface area contributed by atoms with Gasteiger partial charge in [0.2, 0.25) is 0 Å². The molecular weight excluding hydrogens is 125 g/mol. The van der Waals surface area contributed by atoms with Gasteiger partial charge in [0.05, 0.1) is 0 Å². The predicted octanol–water partition coefficient (Wildman–Crippen LogP) is 1.35. The zero-order valence-electron chi connectivity index (χ0n) is 3.53. The van der Waals surface area contributed by atoms with E-state index in [1.165, 1.54) is 0 Å². The van der Waals surface area contributed by atoms with Crippen molar-refractivity contribution in [1.82, 2.24) is 0 Å². The summed E-state index contributed by atoms with van der Waals surface area (Å²) in [6.45, 7) is -2.32. The summed E-state index contributed by atoms with van der Waals surface area (Å²) in [5, 5.41) is 0. The molecule has 0 fully saturated rings. The van der Waals surface area contributed by atoms with Crippen molar-refractivity contribution in [3.05, 3.63) is 12.0 Å². The summed E-state index contributed by atoms with van der Waals surface area (Å²) in [7, 11) is 0. The van der Waals surface area contributed by atoms with Crippen LogP contribution in [0.4, 0.5) is 13.2 Å². The van der Waals surface area contributed by atoms with E-state index in [9.17, 15) is 13.2 Å². The van der Waals surface area contributed by atoms with E-state index < -0.39 is 18.6 Å². The number of hydrogen-bond acceptors (Lipinski definition) is 2. The summed E-state index contributed by atoms with van der Waals surface area (Å²) in [4.78, 5) is 0. The van der Waals surface area contributed by atoms with Gasteiger partial charge in [0.1, 0.15) is 0 Å². The molecule has 0 spiro atoms. The Balaban J connectivity index is 2.60. The smallest absolute Gasteiger partial charge is 0.398 e. The monoisotopic (exact) mass is 126 g/mol. The molecule has 1 aliphatic rings. The van der Waals surface area contributed by atoms with Crippen LogP contribution in [0.3, 0.4) is 0 Å². The second kappa shape index (κ2) is 1.57. The van der Waals surface area contributed by atoms with Gasteiger partial charge in [-0.1, -0.05) is 0 Å². The maximum absolute atomic E-state index is 11.5. The Labute approximate surface area is 42.5 Å². The molecule has 0 amide bonds. The van der Waals surface area contributed by atoms with Crippen molar-refractivity contribution in [2.75, 3.05) is 0 Å². The fourth-order valence-corrected chi connectivity index (χ4v) is 0.279. The molecule has 2 nitrogen and oxygen atoms in total. The lowest BCUT2D eigenvalue weighted by Crippen LogP contribution is -1.97. The molecule has 1 aliphatic heterocycles. The highest BCUT2D eigenvalue weighted by atomic mass is 19.2. The van der Waals surface area contributed by atoms with Gasteiger partial charge in [0.25, 0.3) is 0 Å². The van der Waals surface area contributed by atoms with Crippen molar-refractivity contribution in [2.24, 2.45) is 0 Å². The average Bonchev–Trinajstić information content (AvgIpc) is 1.85. The standard InChI is InChI=1S/C3HF3O2/c4-1-2(5)8-3(6)7-1/h3H. The van der Waals surface area contributed by atoms with Gasteiger partial charge in [-0.2, -0.15) is 13.2 Å². The minimum absolute atomic E-state index is 1.64. The molecule has 0 aliphatic carbocycles. The first-order valence-corrected chi connectivity index (χ1v) is 1.73. The number of hydrogen-bond donors (Lipinski definition) is 0. The van der Waals surface area contributed by atoms with Crippen molar-refractivity contribution in [3.63, 3.8) is 0 Å². The van der Waals surface area contributed by atoms with Crippen LogP contribution in [-0.4, -0.2) is 6.54 Å². The maximum Gasteiger partial charge on any atom is 0.400 e. The second-order valence-electron chi connectivity index (χ2n) is 1.06. The van der Waals surface area contributed by atoms with Crippen molar-refractivity contribution in [2.45, 2.75) is 6.54 Å². The van der Waals surface area contributed by atoms with Crippen molar-refractivity contribution in [3.8, 4) is 0 Å². The third-order valence-electron chi connectivity index (χ3n) is 0.547. The molecule has 0 aromatic carbocycles. The number of alkyl halides is 1. The summed E-state index contributed by atoms with van der Waals surface area (Å²) in [5.74, 6) is 0. The van der Waals surface area contributed by atoms with Gasteiger partial charge in [0.15, 0.2) is 0 Å². The number of ether oxygens (including phenoxy) is 2. The van der Waals surface area contributed by atoms with Crippen molar-refractivity contribution < 1.29 is 22.6 Å². The second-order valence-corrected chi connectivity index (χ2v) is 1.06. The van der Waals surface area contributed by atoms with Crippen molar-refractivity contribution >= 4 is 0 Å². The molecule has 0 radical (unpaired) electrons. The van der Waals surface area contributed by atoms with Gasteiger partial charge in [0, 0.05) is 0 Å². The molecule has 1 heterocycles. The Morgan fingerprint density at radius 1 is 1.12 bits per heavy atom. The van der Waals surface area contributed by atoms with Crippen LogP contribution in [0.15, 0.2) is 12.0 Å². The summed E-state index contributed by atoms with van der Waals surface area (Å²) in [5.41, 5.74) is 0. The van der Waals surface area contributed by atoms with E-state index in [4.69, 9.17) is 0 Å². The third kappa shape index (κ3) is 0.706. The fraction of sp³-hybridized carbons (Fsp3) is 0.333. The van der Waals surface area contributed by atoms with Crippen molar-refractivity contribution in [1.29, 1.82) is 0 Å². The highest BCUT2D eigenvalue weighted by Crippen LogP contribution is 2.23. The fourth-order valence-electron chi connectivity index (χ4n) is 0.279. The van der Waals surface area contributed by atoms with Gasteiger partial charge in [-0.25, -0.2) is 0 Å². The molecule has 0 saturated heterocycles. The van der Waals surface area contributed by atoms with E-state index in [1.54, 1.807) is 0 Å². The Kier molecular flexibility index (Phi) is 1.04. The lowest BCUT2D eigenvalue weighted by atomic mass is 11.0. The van der Waals surface area contributed by atoms with E-state index in [1.807, 2.05) is 0 Å². The normalized spacial score (nSPS) is 20.9. The molecule has 8 heavy (non-hydrogen) atoms. The molecule has 0 bridgehead atoms. The van der Waals surface area contributed by atoms with Crippen LogP contribution in [0.25, 0.3) is 0 Å². The maximum atomic E-state index is 11.5. The Morgan fingerprint density at radius 3 is 1.62 bits per heavy atom. The van der Waals surface area contributed by atoms with Gasteiger partial charge >= 0.3 is 18.6 Å². The van der Waals surface area contributed by atoms with Crippen LogP contribution in [0.5, 0.6) is 0 Å². The average molecular weight is 126 g/mol. The molecule has 0 aromatic rings. The van der Waals surface area contributed by atoms with Crippen LogP contribution in [-0.2, 0) is 9.47 Å². The van der Waals surface area contributed by atoms with Crippen LogP contribution in [0, 0.1) is 0 Å². The lowest BCUT2D eigenvalue weighted by molar-refractivity contribution is -0.150. The summed E-state index contributed by atoms with van der Waals surface area (Å²) >= 11 is 0. The minimum Gasteiger partial charge on any atom is -0.398 e. The van der Waals surface area contributed by atoms with Gasteiger partial charge in [-0.05, 0) is 0 Å². The third-order valence-corrected chi connectivity index (χ3v) is 0.547. The summed E-state index contributed by atoms with van der Waals surface area (Å²) in [6.07, 6.45) is 0.